The first-order chi connectivity index (χ1) is 11.0. The van der Waals surface area contributed by atoms with Crippen LogP contribution in [0.5, 0.6) is 0 Å². The van der Waals surface area contributed by atoms with Crippen LogP contribution in [0.4, 0.5) is 0 Å². The van der Waals surface area contributed by atoms with Crippen LogP contribution >= 0.6 is 11.6 Å². The fourth-order valence-electron chi connectivity index (χ4n) is 3.54. The largest absolute Gasteiger partial charge is 0.478 e. The molecule has 1 unspecified atom stereocenters. The van der Waals surface area contributed by atoms with Crippen LogP contribution in [0.2, 0.25) is 5.02 Å². The number of allylic oxidation sites excluding steroid dienone is 2. The van der Waals surface area contributed by atoms with Crippen molar-refractivity contribution < 1.29 is 19.4 Å². The van der Waals surface area contributed by atoms with Gasteiger partial charge in [-0.05, 0) is 54.9 Å². The lowest BCUT2D eigenvalue weighted by Crippen LogP contribution is -2.18. The summed E-state index contributed by atoms with van der Waals surface area (Å²) in [6.45, 7) is 0. The molecule has 120 valence electrons. The van der Waals surface area contributed by atoms with Gasteiger partial charge in [-0.25, -0.2) is 9.59 Å². The molecule has 2 aliphatic carbocycles. The van der Waals surface area contributed by atoms with Crippen molar-refractivity contribution in [3.05, 3.63) is 51.6 Å². The van der Waals surface area contributed by atoms with Gasteiger partial charge in [-0.1, -0.05) is 29.3 Å². The fourth-order valence-corrected chi connectivity index (χ4v) is 3.67. The van der Waals surface area contributed by atoms with Crippen LogP contribution in [-0.4, -0.2) is 24.2 Å². The molecule has 0 heterocycles. The summed E-state index contributed by atoms with van der Waals surface area (Å²) in [5, 5.41) is 10.0. The molecule has 0 saturated heterocycles. The number of esters is 1. The van der Waals surface area contributed by atoms with Crippen LogP contribution in [0.3, 0.4) is 0 Å². The van der Waals surface area contributed by atoms with Crippen molar-refractivity contribution >= 4 is 29.1 Å². The second kappa shape index (κ2) is 6.20. The molecule has 1 atom stereocenters. The van der Waals surface area contributed by atoms with E-state index >= 15 is 0 Å². The number of carboxylic acids is 1. The molecular weight excluding hydrogens is 316 g/mol. The summed E-state index contributed by atoms with van der Waals surface area (Å²) in [5.74, 6) is -1.05. The minimum atomic E-state index is -0.848. The SMILES string of the molecule is COC(=O)C1=C(c2ccc(Cl)cc2)CC2=C(C(=O)O)CCC2C1. The van der Waals surface area contributed by atoms with E-state index in [1.807, 2.05) is 12.1 Å². The standard InChI is InChI=1S/C18H17ClO4/c1-23-18(22)16-8-11-4-7-13(17(20)21)15(11)9-14(16)10-2-5-12(19)6-3-10/h2-3,5-6,11H,4,7-9H2,1H3,(H,20,21). The third kappa shape index (κ3) is 2.91. The van der Waals surface area contributed by atoms with Gasteiger partial charge in [0.2, 0.25) is 0 Å². The fraction of sp³-hybridized carbons (Fsp3) is 0.333. The molecule has 0 spiro atoms. The summed E-state index contributed by atoms with van der Waals surface area (Å²) < 4.78 is 4.93. The molecule has 5 heteroatoms. The molecule has 2 aliphatic rings. The van der Waals surface area contributed by atoms with E-state index in [4.69, 9.17) is 16.3 Å². The van der Waals surface area contributed by atoms with Gasteiger partial charge in [0.15, 0.2) is 0 Å². The minimum Gasteiger partial charge on any atom is -0.478 e. The molecule has 0 bridgehead atoms. The number of hydrogen-bond acceptors (Lipinski definition) is 3. The predicted molar refractivity (Wildman–Crippen MR) is 87.0 cm³/mol. The zero-order valence-corrected chi connectivity index (χ0v) is 13.5. The maximum atomic E-state index is 12.2. The van der Waals surface area contributed by atoms with Crippen molar-refractivity contribution in [2.45, 2.75) is 25.7 Å². The van der Waals surface area contributed by atoms with Gasteiger partial charge in [-0.15, -0.1) is 0 Å². The Hall–Kier alpha value is -2.07. The van der Waals surface area contributed by atoms with Crippen molar-refractivity contribution in [2.75, 3.05) is 7.11 Å². The number of rotatable bonds is 3. The zero-order chi connectivity index (χ0) is 16.6. The number of hydrogen-bond donors (Lipinski definition) is 1. The number of carbonyl (C=O) groups is 2. The average molecular weight is 333 g/mol. The number of aliphatic carboxylic acids is 1. The Balaban J connectivity index is 2.09. The molecule has 4 nitrogen and oxygen atoms in total. The van der Waals surface area contributed by atoms with Crippen molar-refractivity contribution in [1.82, 2.24) is 0 Å². The monoisotopic (exact) mass is 332 g/mol. The van der Waals surface area contributed by atoms with Crippen LogP contribution in [-0.2, 0) is 14.3 Å². The number of methoxy groups -OCH3 is 1. The number of ether oxygens (including phenoxy) is 1. The summed E-state index contributed by atoms with van der Waals surface area (Å²) in [5.41, 5.74) is 3.84. The molecule has 23 heavy (non-hydrogen) atoms. The Morgan fingerprint density at radius 3 is 2.52 bits per heavy atom. The summed E-state index contributed by atoms with van der Waals surface area (Å²) in [6, 6.07) is 7.26. The summed E-state index contributed by atoms with van der Waals surface area (Å²) in [6.07, 6.45) is 2.37. The van der Waals surface area contributed by atoms with Crippen molar-refractivity contribution in [2.24, 2.45) is 5.92 Å². The molecule has 0 aliphatic heterocycles. The van der Waals surface area contributed by atoms with Crippen LogP contribution in [0.25, 0.3) is 5.57 Å². The summed E-state index contributed by atoms with van der Waals surface area (Å²) in [4.78, 5) is 23.6. The summed E-state index contributed by atoms with van der Waals surface area (Å²) >= 11 is 5.94. The van der Waals surface area contributed by atoms with Crippen LogP contribution in [0, 0.1) is 5.92 Å². The molecular formula is C18H17ClO4. The van der Waals surface area contributed by atoms with Gasteiger partial charge in [-0.2, -0.15) is 0 Å². The average Bonchev–Trinajstić information content (AvgIpc) is 2.96. The van der Waals surface area contributed by atoms with E-state index in [-0.39, 0.29) is 11.9 Å². The highest BCUT2D eigenvalue weighted by Gasteiger charge is 2.36. The smallest absolute Gasteiger partial charge is 0.334 e. The van der Waals surface area contributed by atoms with E-state index in [9.17, 15) is 14.7 Å². The van der Waals surface area contributed by atoms with Crippen molar-refractivity contribution in [3.63, 3.8) is 0 Å². The third-order valence-corrected chi connectivity index (χ3v) is 4.94. The molecule has 0 fully saturated rings. The third-order valence-electron chi connectivity index (χ3n) is 4.69. The summed E-state index contributed by atoms with van der Waals surface area (Å²) in [7, 11) is 1.37. The topological polar surface area (TPSA) is 63.6 Å². The Kier molecular flexibility index (Phi) is 4.26. The van der Waals surface area contributed by atoms with Gasteiger partial charge in [0.25, 0.3) is 0 Å². The van der Waals surface area contributed by atoms with Crippen molar-refractivity contribution in [1.29, 1.82) is 0 Å². The van der Waals surface area contributed by atoms with E-state index in [1.54, 1.807) is 12.1 Å². The van der Waals surface area contributed by atoms with E-state index in [1.165, 1.54) is 7.11 Å². The number of halogens is 1. The lowest BCUT2D eigenvalue weighted by Gasteiger charge is -2.26. The minimum absolute atomic E-state index is 0.131. The van der Waals surface area contributed by atoms with Gasteiger partial charge < -0.3 is 9.84 Å². The molecule has 0 radical (unpaired) electrons. The van der Waals surface area contributed by atoms with Crippen LogP contribution < -0.4 is 0 Å². The maximum Gasteiger partial charge on any atom is 0.334 e. The number of carbonyl (C=O) groups excluding carboxylic acids is 1. The lowest BCUT2D eigenvalue weighted by molar-refractivity contribution is -0.136. The Morgan fingerprint density at radius 1 is 1.22 bits per heavy atom. The molecule has 1 N–H and O–H groups in total. The Bertz CT molecular complexity index is 728. The van der Waals surface area contributed by atoms with E-state index in [0.29, 0.717) is 35.4 Å². The molecule has 0 saturated carbocycles. The number of benzene rings is 1. The molecule has 0 aromatic heterocycles. The van der Waals surface area contributed by atoms with E-state index < -0.39 is 5.97 Å². The molecule has 3 rings (SSSR count). The lowest BCUT2D eigenvalue weighted by atomic mass is 9.78. The van der Waals surface area contributed by atoms with E-state index in [2.05, 4.69) is 0 Å². The van der Waals surface area contributed by atoms with Gasteiger partial charge in [0, 0.05) is 16.2 Å². The van der Waals surface area contributed by atoms with Crippen LogP contribution in [0.15, 0.2) is 41.0 Å². The quantitative estimate of drug-likeness (QED) is 0.854. The number of fused-ring (bicyclic) bond motifs is 1. The first kappa shape index (κ1) is 15.8. The highest BCUT2D eigenvalue weighted by Crippen LogP contribution is 2.47. The highest BCUT2D eigenvalue weighted by molar-refractivity contribution is 6.30. The van der Waals surface area contributed by atoms with Gasteiger partial charge in [0.05, 0.1) is 7.11 Å². The first-order valence-electron chi connectivity index (χ1n) is 7.52. The Morgan fingerprint density at radius 2 is 1.91 bits per heavy atom. The molecule has 0 amide bonds. The normalized spacial score (nSPS) is 20.5. The second-order valence-electron chi connectivity index (χ2n) is 5.88. The molecule has 1 aromatic carbocycles. The van der Waals surface area contributed by atoms with Crippen molar-refractivity contribution in [3.8, 4) is 0 Å². The van der Waals surface area contributed by atoms with E-state index in [0.717, 1.165) is 23.1 Å². The highest BCUT2D eigenvalue weighted by atomic mass is 35.5. The second-order valence-corrected chi connectivity index (χ2v) is 6.32. The first-order valence-corrected chi connectivity index (χ1v) is 7.90. The maximum absolute atomic E-state index is 12.2. The van der Waals surface area contributed by atoms with Gasteiger partial charge in [-0.3, -0.25) is 0 Å². The van der Waals surface area contributed by atoms with Crippen LogP contribution in [0.1, 0.15) is 31.2 Å². The Labute approximate surface area is 139 Å². The zero-order valence-electron chi connectivity index (χ0n) is 12.8. The predicted octanol–water partition coefficient (Wildman–Crippen LogP) is 3.85. The van der Waals surface area contributed by atoms with Gasteiger partial charge >= 0.3 is 11.9 Å². The number of carboxylic acid groups (broad SMARTS) is 1. The molecule has 1 aromatic rings. The van der Waals surface area contributed by atoms with Gasteiger partial charge in [0.1, 0.15) is 0 Å².